The summed E-state index contributed by atoms with van der Waals surface area (Å²) in [6.45, 7) is 0.920. The fraction of sp³-hybridized carbons (Fsp3) is 0.100. The zero-order valence-corrected chi connectivity index (χ0v) is 14.6. The van der Waals surface area contributed by atoms with Gasteiger partial charge in [0.1, 0.15) is 18.2 Å². The molecule has 0 saturated carbocycles. The highest BCUT2D eigenvalue weighted by molar-refractivity contribution is 9.10. The third-order valence-electron chi connectivity index (χ3n) is 3.61. The maximum Gasteiger partial charge on any atom is 0.134 e. The van der Waals surface area contributed by atoms with E-state index in [0.29, 0.717) is 11.3 Å². The summed E-state index contributed by atoms with van der Waals surface area (Å²) < 4.78 is 20.2. The van der Waals surface area contributed by atoms with Crippen molar-refractivity contribution >= 4 is 21.6 Å². The third-order valence-corrected chi connectivity index (χ3v) is 4.23. The molecule has 0 radical (unpaired) electrons. The van der Waals surface area contributed by atoms with Gasteiger partial charge in [0.05, 0.1) is 4.47 Å². The van der Waals surface area contributed by atoms with Gasteiger partial charge in [0.15, 0.2) is 0 Å². The number of hydrogen-bond acceptors (Lipinski definition) is 2. The van der Waals surface area contributed by atoms with Crippen LogP contribution in [0.2, 0.25) is 0 Å². The molecule has 0 aliphatic heterocycles. The van der Waals surface area contributed by atoms with Crippen LogP contribution in [0.1, 0.15) is 11.1 Å². The Bertz CT molecular complexity index is 808. The number of halogens is 2. The molecule has 0 heterocycles. The number of anilines is 1. The minimum absolute atomic E-state index is 0.201. The number of hydrogen-bond donors (Lipinski definition) is 1. The normalized spacial score (nSPS) is 10.4. The van der Waals surface area contributed by atoms with E-state index in [-0.39, 0.29) is 12.4 Å². The third kappa shape index (κ3) is 4.36. The molecule has 24 heavy (non-hydrogen) atoms. The van der Waals surface area contributed by atoms with Gasteiger partial charge in [0.2, 0.25) is 0 Å². The molecular weight excluding hydrogens is 369 g/mol. The number of nitrogens with one attached hydrogen (secondary N) is 1. The summed E-state index contributed by atoms with van der Waals surface area (Å²) in [6.07, 6.45) is 0. The van der Waals surface area contributed by atoms with E-state index in [1.54, 1.807) is 18.2 Å². The summed E-state index contributed by atoms with van der Waals surface area (Å²) in [5, 5.41) is 3.36. The van der Waals surface area contributed by atoms with Crippen molar-refractivity contribution in [3.63, 3.8) is 0 Å². The zero-order chi connectivity index (χ0) is 16.8. The Hall–Kier alpha value is -2.33. The topological polar surface area (TPSA) is 21.3 Å². The van der Waals surface area contributed by atoms with Crippen LogP contribution in [0.5, 0.6) is 5.75 Å². The summed E-state index contributed by atoms with van der Waals surface area (Å²) in [7, 11) is 0. The van der Waals surface area contributed by atoms with Crippen molar-refractivity contribution in [2.45, 2.75) is 13.2 Å². The molecule has 3 rings (SSSR count). The molecule has 3 aromatic rings. The molecule has 1 N–H and O–H groups in total. The quantitative estimate of drug-likeness (QED) is 0.580. The Morgan fingerprint density at radius 2 is 1.67 bits per heavy atom. The van der Waals surface area contributed by atoms with Crippen LogP contribution < -0.4 is 10.1 Å². The van der Waals surface area contributed by atoms with Gasteiger partial charge in [-0.2, -0.15) is 0 Å². The molecule has 0 aliphatic rings. The van der Waals surface area contributed by atoms with Crippen LogP contribution in [-0.2, 0) is 13.2 Å². The molecule has 0 unspecified atom stereocenters. The SMILES string of the molecule is Fc1ccccc1COc1ccc(CNc2ccccc2)cc1Br. The van der Waals surface area contributed by atoms with E-state index in [9.17, 15) is 4.39 Å². The highest BCUT2D eigenvalue weighted by Gasteiger charge is 2.06. The van der Waals surface area contributed by atoms with Gasteiger partial charge in [-0.25, -0.2) is 4.39 Å². The Balaban J connectivity index is 1.61. The maximum absolute atomic E-state index is 13.6. The van der Waals surface area contributed by atoms with Crippen molar-refractivity contribution in [3.05, 3.63) is 94.2 Å². The highest BCUT2D eigenvalue weighted by Crippen LogP contribution is 2.27. The van der Waals surface area contributed by atoms with Crippen molar-refractivity contribution in [3.8, 4) is 5.75 Å². The fourth-order valence-electron chi connectivity index (χ4n) is 2.30. The molecule has 0 amide bonds. The van der Waals surface area contributed by atoms with Gasteiger partial charge in [0, 0.05) is 17.8 Å². The number of ether oxygens (including phenoxy) is 1. The van der Waals surface area contributed by atoms with Gasteiger partial charge in [-0.15, -0.1) is 0 Å². The second-order valence-electron chi connectivity index (χ2n) is 5.36. The maximum atomic E-state index is 13.6. The van der Waals surface area contributed by atoms with Gasteiger partial charge < -0.3 is 10.1 Å². The van der Waals surface area contributed by atoms with E-state index in [0.717, 1.165) is 22.3 Å². The Kier molecular flexibility index (Phi) is 5.49. The first-order chi connectivity index (χ1) is 11.7. The standard InChI is InChI=1S/C20H17BrFNO/c21-18-12-15(13-23-17-7-2-1-3-8-17)10-11-20(18)24-14-16-6-4-5-9-19(16)22/h1-12,23H,13-14H2. The lowest BCUT2D eigenvalue weighted by Gasteiger charge is -2.11. The summed E-state index contributed by atoms with van der Waals surface area (Å²) in [5.74, 6) is 0.444. The number of para-hydroxylation sites is 1. The van der Waals surface area contributed by atoms with E-state index in [1.807, 2.05) is 48.5 Å². The summed E-state index contributed by atoms with van der Waals surface area (Å²) >= 11 is 3.52. The van der Waals surface area contributed by atoms with E-state index >= 15 is 0 Å². The molecular formula is C20H17BrFNO. The monoisotopic (exact) mass is 385 g/mol. The van der Waals surface area contributed by atoms with Crippen molar-refractivity contribution in [2.24, 2.45) is 0 Å². The first-order valence-electron chi connectivity index (χ1n) is 7.66. The van der Waals surface area contributed by atoms with Gasteiger partial charge in [-0.1, -0.05) is 42.5 Å². The molecule has 0 bridgehead atoms. The lowest BCUT2D eigenvalue weighted by molar-refractivity contribution is 0.298. The number of rotatable bonds is 6. The van der Waals surface area contributed by atoms with Gasteiger partial charge in [-0.05, 0) is 51.8 Å². The van der Waals surface area contributed by atoms with Crippen LogP contribution in [0.4, 0.5) is 10.1 Å². The Morgan fingerprint density at radius 1 is 0.917 bits per heavy atom. The fourth-order valence-corrected chi connectivity index (χ4v) is 2.84. The predicted octanol–water partition coefficient (Wildman–Crippen LogP) is 5.78. The average Bonchev–Trinajstić information content (AvgIpc) is 2.61. The van der Waals surface area contributed by atoms with E-state index in [4.69, 9.17) is 4.74 Å². The first kappa shape index (κ1) is 16.5. The lowest BCUT2D eigenvalue weighted by atomic mass is 10.2. The lowest BCUT2D eigenvalue weighted by Crippen LogP contribution is -2.01. The molecule has 0 fully saturated rings. The van der Waals surface area contributed by atoms with E-state index in [1.165, 1.54) is 6.07 Å². The summed E-state index contributed by atoms with van der Waals surface area (Å²) in [6, 6.07) is 22.6. The van der Waals surface area contributed by atoms with Crippen molar-refractivity contribution in [1.29, 1.82) is 0 Å². The highest BCUT2D eigenvalue weighted by atomic mass is 79.9. The summed E-state index contributed by atoms with van der Waals surface area (Å²) in [4.78, 5) is 0. The van der Waals surface area contributed by atoms with Crippen molar-refractivity contribution < 1.29 is 9.13 Å². The Morgan fingerprint density at radius 3 is 2.42 bits per heavy atom. The van der Waals surface area contributed by atoms with Gasteiger partial charge in [-0.3, -0.25) is 0 Å². The molecule has 0 spiro atoms. The first-order valence-corrected chi connectivity index (χ1v) is 8.45. The summed E-state index contributed by atoms with van der Waals surface area (Å²) in [5.41, 5.74) is 2.75. The van der Waals surface area contributed by atoms with Gasteiger partial charge >= 0.3 is 0 Å². The van der Waals surface area contributed by atoms with E-state index < -0.39 is 0 Å². The smallest absolute Gasteiger partial charge is 0.134 e. The molecule has 0 atom stereocenters. The minimum Gasteiger partial charge on any atom is -0.488 e. The molecule has 122 valence electrons. The molecule has 2 nitrogen and oxygen atoms in total. The van der Waals surface area contributed by atoms with Crippen molar-refractivity contribution in [2.75, 3.05) is 5.32 Å². The van der Waals surface area contributed by atoms with Gasteiger partial charge in [0.25, 0.3) is 0 Å². The second kappa shape index (κ2) is 7.97. The van der Waals surface area contributed by atoms with Crippen LogP contribution in [0.15, 0.2) is 77.3 Å². The molecule has 4 heteroatoms. The second-order valence-corrected chi connectivity index (χ2v) is 6.22. The van der Waals surface area contributed by atoms with Crippen LogP contribution in [-0.4, -0.2) is 0 Å². The largest absolute Gasteiger partial charge is 0.488 e. The average molecular weight is 386 g/mol. The van der Waals surface area contributed by atoms with Crippen molar-refractivity contribution in [1.82, 2.24) is 0 Å². The zero-order valence-electron chi connectivity index (χ0n) is 13.0. The minimum atomic E-state index is -0.252. The van der Waals surface area contributed by atoms with Crippen LogP contribution in [0.3, 0.4) is 0 Å². The van der Waals surface area contributed by atoms with Crippen LogP contribution >= 0.6 is 15.9 Å². The molecule has 3 aromatic carbocycles. The molecule has 0 saturated heterocycles. The number of benzene rings is 3. The van der Waals surface area contributed by atoms with E-state index in [2.05, 4.69) is 21.2 Å². The molecule has 0 aromatic heterocycles. The molecule has 0 aliphatic carbocycles. The predicted molar refractivity (Wildman–Crippen MR) is 98.6 cm³/mol. The Labute approximate surface area is 149 Å². The van der Waals surface area contributed by atoms with Crippen LogP contribution in [0, 0.1) is 5.82 Å². The van der Waals surface area contributed by atoms with Crippen LogP contribution in [0.25, 0.3) is 0 Å².